The largest absolute Gasteiger partial charge is 0.448 e. The minimum absolute atomic E-state index is 0.0352. The third-order valence-electron chi connectivity index (χ3n) is 13.6. The van der Waals surface area contributed by atoms with Gasteiger partial charge in [0, 0.05) is 106 Å². The molecule has 5 heterocycles. The smallest absolute Gasteiger partial charge is 0.410 e. The number of nitrogens with one attached hydrogen (secondary N) is 5. The minimum atomic E-state index is -0.694. The molecule has 3 fully saturated rings. The summed E-state index contributed by atoms with van der Waals surface area (Å²) < 4.78 is 5.82. The van der Waals surface area contributed by atoms with Gasteiger partial charge in [-0.05, 0) is 115 Å². The molecule has 394 valence electrons. The highest BCUT2D eigenvalue weighted by Gasteiger charge is 2.39. The minimum Gasteiger partial charge on any atom is -0.448 e. The van der Waals surface area contributed by atoms with Crippen LogP contribution in [0.1, 0.15) is 76.8 Å². The standard InChI is InChI=1S/C54H57ClN12O7S2/c1-56-49(69)42-9-2-3-10-44(42)61-48-43(55)33-58-52(63-48)59-37-13-17-39(18-14-37)64-26-28-65(29-27-64)53(72)60-38-15-19-40(20-16-38)66(54(73)74-30-31-75-76-47-11-4-6-24-57-47)25-7-5-8-35-12-21-41-36(32-35)34-67(51(41)71)45-22-23-46(68)62-50(45)70/h2-4,6,9-14,17-18,21,24,32-33,38,40,45H,7,15-16,19-20,22-23,25-31,34H2,1H3,(H,56,69)(H,60,72)(H,62,68,70)(H2,58,59,61,63). The molecule has 4 aliphatic rings. The molecule has 2 aromatic heterocycles. The number of ether oxygens (including phenoxy) is 1. The fraction of sp³-hybridized carbons (Fsp3) is 0.352. The van der Waals surface area contributed by atoms with Crippen molar-refractivity contribution in [2.45, 2.75) is 74.6 Å². The summed E-state index contributed by atoms with van der Waals surface area (Å²) in [6.45, 7) is 3.29. The van der Waals surface area contributed by atoms with Crippen LogP contribution in [-0.4, -0.2) is 136 Å². The molecule has 3 aromatic carbocycles. The number of fused-ring (bicyclic) bond motifs is 1. The van der Waals surface area contributed by atoms with Crippen molar-refractivity contribution in [2.24, 2.45) is 0 Å². The zero-order valence-electron chi connectivity index (χ0n) is 41.8. The Morgan fingerprint density at radius 3 is 2.46 bits per heavy atom. The number of carbonyl (C=O) groups excluding carboxylic acids is 6. The van der Waals surface area contributed by atoms with E-state index in [0.717, 1.165) is 22.0 Å². The molecule has 2 saturated heterocycles. The first kappa shape index (κ1) is 53.3. The van der Waals surface area contributed by atoms with E-state index >= 15 is 0 Å². The van der Waals surface area contributed by atoms with Crippen LogP contribution in [0.3, 0.4) is 0 Å². The Balaban J connectivity index is 0.743. The van der Waals surface area contributed by atoms with Gasteiger partial charge in [-0.15, -0.1) is 0 Å². The molecule has 5 aromatic rings. The highest BCUT2D eigenvalue weighted by Crippen LogP contribution is 2.32. The third-order valence-corrected chi connectivity index (χ3v) is 16.1. The van der Waals surface area contributed by atoms with Crippen LogP contribution in [0.4, 0.5) is 38.4 Å². The molecule has 1 aliphatic carbocycles. The number of halogens is 1. The first-order valence-electron chi connectivity index (χ1n) is 25.2. The number of hydrogen-bond acceptors (Lipinski definition) is 15. The van der Waals surface area contributed by atoms with E-state index in [1.54, 1.807) is 59.3 Å². The highest BCUT2D eigenvalue weighted by atomic mass is 35.5. The quantitative estimate of drug-likeness (QED) is 0.0278. The van der Waals surface area contributed by atoms with Gasteiger partial charge in [-0.3, -0.25) is 24.5 Å². The molecule has 7 amide bonds. The zero-order valence-corrected chi connectivity index (χ0v) is 44.1. The summed E-state index contributed by atoms with van der Waals surface area (Å²) in [5.74, 6) is 6.40. The molecule has 76 heavy (non-hydrogen) atoms. The van der Waals surface area contributed by atoms with Crippen LogP contribution < -0.4 is 31.5 Å². The van der Waals surface area contributed by atoms with Gasteiger partial charge in [0.05, 0.1) is 17.4 Å². The van der Waals surface area contributed by atoms with Crippen molar-refractivity contribution in [3.8, 4) is 11.8 Å². The summed E-state index contributed by atoms with van der Waals surface area (Å²) >= 11 is 6.43. The lowest BCUT2D eigenvalue weighted by Gasteiger charge is -2.39. The Kier molecular flexibility index (Phi) is 17.8. The van der Waals surface area contributed by atoms with Crippen molar-refractivity contribution in [3.05, 3.63) is 125 Å². The van der Waals surface area contributed by atoms with Crippen LogP contribution in [0.25, 0.3) is 0 Å². The average Bonchev–Trinajstić information content (AvgIpc) is 3.77. The van der Waals surface area contributed by atoms with E-state index in [2.05, 4.69) is 58.3 Å². The molecule has 0 bridgehead atoms. The van der Waals surface area contributed by atoms with Crippen LogP contribution >= 0.6 is 33.2 Å². The number of para-hydroxylation sites is 1. The number of amides is 7. The second-order valence-corrected chi connectivity index (χ2v) is 21.3. The lowest BCUT2D eigenvalue weighted by atomic mass is 9.90. The number of pyridine rings is 1. The molecular weight excluding hydrogens is 1030 g/mol. The van der Waals surface area contributed by atoms with Crippen molar-refractivity contribution in [1.82, 2.24) is 45.6 Å². The maximum Gasteiger partial charge on any atom is 0.410 e. The van der Waals surface area contributed by atoms with Crippen LogP contribution in [0.15, 0.2) is 102 Å². The lowest BCUT2D eigenvalue weighted by molar-refractivity contribution is -0.136. The molecule has 9 rings (SSSR count). The third kappa shape index (κ3) is 13.5. The highest BCUT2D eigenvalue weighted by molar-refractivity contribution is 8.76. The number of aromatic nitrogens is 3. The Morgan fingerprint density at radius 2 is 1.70 bits per heavy atom. The lowest BCUT2D eigenvalue weighted by Crippen LogP contribution is -2.54. The van der Waals surface area contributed by atoms with E-state index in [1.165, 1.54) is 21.9 Å². The second-order valence-electron chi connectivity index (χ2n) is 18.4. The topological polar surface area (TPSA) is 223 Å². The molecule has 1 unspecified atom stereocenters. The number of carbonyl (C=O) groups is 6. The second kappa shape index (κ2) is 25.3. The summed E-state index contributed by atoms with van der Waals surface area (Å²) in [6, 6.07) is 25.2. The number of anilines is 5. The van der Waals surface area contributed by atoms with Gasteiger partial charge in [-0.1, -0.05) is 52.4 Å². The first-order valence-corrected chi connectivity index (χ1v) is 27.9. The monoisotopic (exact) mass is 1080 g/mol. The summed E-state index contributed by atoms with van der Waals surface area (Å²) in [5.41, 5.74) is 4.80. The Hall–Kier alpha value is -7.54. The number of imide groups is 1. The maximum atomic E-state index is 13.7. The van der Waals surface area contributed by atoms with E-state index in [0.29, 0.717) is 116 Å². The SMILES string of the molecule is CNC(=O)c1ccccc1Nc1nc(Nc2ccc(N3CCN(C(=O)NC4CCC(N(CCC#Cc5ccc6c(c5)CN(C5CCC(=O)NC5=O)C6=O)C(=O)OCCSSc5ccccn5)CC4)CC3)cc2)ncc1Cl. The summed E-state index contributed by atoms with van der Waals surface area (Å²) in [6.07, 6.45) is 6.49. The fourth-order valence-electron chi connectivity index (χ4n) is 9.58. The summed E-state index contributed by atoms with van der Waals surface area (Å²) in [7, 11) is 4.66. The van der Waals surface area contributed by atoms with Crippen molar-refractivity contribution < 1.29 is 33.5 Å². The normalized spacial score (nSPS) is 18.2. The van der Waals surface area contributed by atoms with Gasteiger partial charge in [-0.2, -0.15) is 4.98 Å². The van der Waals surface area contributed by atoms with Gasteiger partial charge >= 0.3 is 12.1 Å². The zero-order chi connectivity index (χ0) is 53.0. The number of hydrogen-bond donors (Lipinski definition) is 5. The van der Waals surface area contributed by atoms with Gasteiger partial charge in [-0.25, -0.2) is 19.6 Å². The molecule has 0 radical (unpaired) electrons. The van der Waals surface area contributed by atoms with Crippen LogP contribution in [0, 0.1) is 11.8 Å². The molecule has 5 N–H and O–H groups in total. The molecular formula is C54H57ClN12O7S2. The van der Waals surface area contributed by atoms with E-state index in [1.807, 2.05) is 59.5 Å². The van der Waals surface area contributed by atoms with Gasteiger partial charge in [0.25, 0.3) is 11.8 Å². The number of piperazine rings is 1. The van der Waals surface area contributed by atoms with Crippen LogP contribution in [0.5, 0.6) is 0 Å². The fourth-order valence-corrected chi connectivity index (χ4v) is 11.4. The van der Waals surface area contributed by atoms with Crippen molar-refractivity contribution in [1.29, 1.82) is 0 Å². The summed E-state index contributed by atoms with van der Waals surface area (Å²) in [4.78, 5) is 97.8. The van der Waals surface area contributed by atoms with Gasteiger partial charge in [0.1, 0.15) is 22.7 Å². The first-order chi connectivity index (χ1) is 37.0. The van der Waals surface area contributed by atoms with E-state index in [-0.39, 0.29) is 55.4 Å². The average molecular weight is 1090 g/mol. The maximum absolute atomic E-state index is 13.7. The Labute approximate surface area is 453 Å². The van der Waals surface area contributed by atoms with Gasteiger partial charge < -0.3 is 45.6 Å². The molecule has 1 saturated carbocycles. The van der Waals surface area contributed by atoms with Crippen molar-refractivity contribution in [3.63, 3.8) is 0 Å². The Bertz CT molecular complexity index is 3000. The van der Waals surface area contributed by atoms with Crippen molar-refractivity contribution >= 4 is 97.8 Å². The predicted octanol–water partition coefficient (Wildman–Crippen LogP) is 7.60. The van der Waals surface area contributed by atoms with Crippen LogP contribution in [0.2, 0.25) is 5.02 Å². The van der Waals surface area contributed by atoms with Crippen molar-refractivity contribution in [2.75, 3.05) is 67.7 Å². The van der Waals surface area contributed by atoms with Gasteiger partial charge in [0.2, 0.25) is 17.8 Å². The molecule has 0 spiro atoms. The van der Waals surface area contributed by atoms with E-state index in [9.17, 15) is 28.8 Å². The van der Waals surface area contributed by atoms with E-state index in [4.69, 9.17) is 16.3 Å². The number of benzene rings is 3. The predicted molar refractivity (Wildman–Crippen MR) is 293 cm³/mol. The molecule has 3 aliphatic heterocycles. The number of piperidine rings is 1. The number of rotatable bonds is 16. The Morgan fingerprint density at radius 1 is 0.908 bits per heavy atom. The van der Waals surface area contributed by atoms with Crippen LogP contribution in [-0.2, 0) is 20.9 Å². The molecule has 19 nitrogen and oxygen atoms in total. The van der Waals surface area contributed by atoms with Gasteiger partial charge in [0.15, 0.2) is 5.82 Å². The number of urea groups is 1. The number of nitrogens with zero attached hydrogens (tertiary/aromatic N) is 7. The van der Waals surface area contributed by atoms with E-state index < -0.39 is 18.0 Å². The molecule has 1 atom stereocenters. The summed E-state index contributed by atoms with van der Waals surface area (Å²) in [5, 5.41) is 15.8. The molecule has 22 heteroatoms.